The number of hydrogen-bond donors (Lipinski definition) is 4. The highest BCUT2D eigenvalue weighted by Crippen LogP contribution is 2.35. The molecule has 0 spiro atoms. The van der Waals surface area contributed by atoms with E-state index < -0.39 is 6.03 Å². The number of aryl methyl sites for hydroxylation is 1. The molecule has 1 aromatic heterocycles. The number of nitrogens with zero attached hydrogens (tertiary/aromatic N) is 2. The van der Waals surface area contributed by atoms with Crippen LogP contribution in [0.5, 0.6) is 28.9 Å². The van der Waals surface area contributed by atoms with Crippen molar-refractivity contribution in [1.82, 2.24) is 15.3 Å². The molecule has 0 aliphatic heterocycles. The molecule has 0 aliphatic rings. The van der Waals surface area contributed by atoms with Crippen molar-refractivity contribution in [2.75, 3.05) is 83.5 Å². The van der Waals surface area contributed by atoms with Crippen molar-refractivity contribution in [3.63, 3.8) is 0 Å². The molecule has 0 radical (unpaired) electrons. The van der Waals surface area contributed by atoms with E-state index in [0.29, 0.717) is 91.9 Å². The van der Waals surface area contributed by atoms with Crippen molar-refractivity contribution in [1.29, 1.82) is 0 Å². The lowest BCUT2D eigenvalue weighted by Crippen LogP contribution is -2.25. The third-order valence-electron chi connectivity index (χ3n) is 7.92. The zero-order valence-electron chi connectivity index (χ0n) is 31.5. The van der Waals surface area contributed by atoms with Gasteiger partial charge in [-0.15, -0.1) is 0 Å². The van der Waals surface area contributed by atoms with E-state index in [1.54, 1.807) is 68.9 Å². The van der Waals surface area contributed by atoms with Crippen LogP contribution in [0, 0.1) is 6.92 Å². The molecule has 0 aliphatic carbocycles. The Morgan fingerprint density at radius 3 is 2.22 bits per heavy atom. The van der Waals surface area contributed by atoms with Crippen molar-refractivity contribution in [3.8, 4) is 28.9 Å². The summed E-state index contributed by atoms with van der Waals surface area (Å²) in [7, 11) is 4.65. The predicted molar refractivity (Wildman–Crippen MR) is 210 cm³/mol. The number of amides is 3. The molecule has 55 heavy (non-hydrogen) atoms. The summed E-state index contributed by atoms with van der Waals surface area (Å²) in [6, 6.07) is 20.9. The molecule has 290 valence electrons. The van der Waals surface area contributed by atoms with E-state index in [-0.39, 0.29) is 17.6 Å². The second kappa shape index (κ2) is 20.3. The number of fused-ring (bicyclic) bond motifs is 1. The molecule has 0 saturated heterocycles. The van der Waals surface area contributed by atoms with Crippen molar-refractivity contribution < 1.29 is 42.7 Å². The van der Waals surface area contributed by atoms with Crippen LogP contribution in [0.15, 0.2) is 79.0 Å². The minimum atomic E-state index is -0.518. The van der Waals surface area contributed by atoms with Gasteiger partial charge in [-0.2, -0.15) is 4.98 Å². The molecule has 0 unspecified atom stereocenters. The van der Waals surface area contributed by atoms with Crippen LogP contribution in [-0.4, -0.2) is 89.4 Å². The zero-order chi connectivity index (χ0) is 39.0. The number of carbonyl (C=O) groups excluding carboxylic acids is 2. The van der Waals surface area contributed by atoms with Crippen molar-refractivity contribution >= 4 is 45.7 Å². The molecule has 15 heteroatoms. The van der Waals surface area contributed by atoms with Crippen LogP contribution in [0.25, 0.3) is 10.8 Å². The molecular weight excluding hydrogens is 708 g/mol. The Kier molecular flexibility index (Phi) is 14.8. The Labute approximate surface area is 319 Å². The van der Waals surface area contributed by atoms with E-state index in [0.717, 1.165) is 16.3 Å². The second-order valence-corrected chi connectivity index (χ2v) is 11.9. The number of hydrogen-bond acceptors (Lipinski definition) is 12. The van der Waals surface area contributed by atoms with Crippen LogP contribution in [0.4, 0.5) is 27.8 Å². The van der Waals surface area contributed by atoms with Gasteiger partial charge in [0.1, 0.15) is 23.9 Å². The molecule has 1 heterocycles. The topological polar surface area (TPSA) is 173 Å². The maximum atomic E-state index is 13.3. The first-order valence-corrected chi connectivity index (χ1v) is 17.6. The average Bonchev–Trinajstić information content (AvgIpc) is 3.18. The number of anilines is 4. The number of benzene rings is 4. The Morgan fingerprint density at radius 2 is 1.47 bits per heavy atom. The first-order chi connectivity index (χ1) is 26.8. The van der Waals surface area contributed by atoms with E-state index >= 15 is 0 Å². The van der Waals surface area contributed by atoms with Crippen LogP contribution in [-0.2, 0) is 14.2 Å². The number of ether oxygens (including phenoxy) is 7. The number of nitrogens with one attached hydrogen (secondary N) is 4. The van der Waals surface area contributed by atoms with Crippen molar-refractivity contribution in [2.45, 2.75) is 13.8 Å². The standard InChI is InChI=1S/C40H46N6O9/c1-6-41-38(47)32-21-26(2)22-34(37(32)51-5)45-40(48)44-33-11-12-35(31-10-8-7-9-30(31)33)55-36-13-14-42-39(46-36)43-27-23-28(50-4)25-29(24-27)54-20-19-53-18-17-52-16-15-49-3/h7-14,21-25H,6,15-20H2,1-5H3,(H,41,47)(H,42,43,46)(H2,44,45,48). The summed E-state index contributed by atoms with van der Waals surface area (Å²) in [4.78, 5) is 34.9. The van der Waals surface area contributed by atoms with E-state index in [2.05, 4.69) is 31.2 Å². The molecule has 4 aromatic carbocycles. The number of aromatic nitrogens is 2. The Morgan fingerprint density at radius 1 is 0.745 bits per heavy atom. The molecule has 0 atom stereocenters. The Balaban J connectivity index is 1.25. The molecule has 3 amide bonds. The van der Waals surface area contributed by atoms with Gasteiger partial charge in [-0.1, -0.05) is 24.3 Å². The normalized spacial score (nSPS) is 10.8. The van der Waals surface area contributed by atoms with Gasteiger partial charge in [0.2, 0.25) is 11.8 Å². The lowest BCUT2D eigenvalue weighted by molar-refractivity contribution is 0.0179. The summed E-state index contributed by atoms with van der Waals surface area (Å²) in [5.41, 5.74) is 2.64. The summed E-state index contributed by atoms with van der Waals surface area (Å²) in [6.45, 7) is 6.84. The number of methoxy groups -OCH3 is 3. The largest absolute Gasteiger partial charge is 0.497 e. The molecule has 5 rings (SSSR count). The summed E-state index contributed by atoms with van der Waals surface area (Å²) in [5.74, 6) is 2.21. The molecule has 0 saturated carbocycles. The van der Waals surface area contributed by atoms with Gasteiger partial charge in [0.15, 0.2) is 5.75 Å². The van der Waals surface area contributed by atoms with Crippen LogP contribution >= 0.6 is 0 Å². The molecule has 5 aromatic rings. The van der Waals surface area contributed by atoms with E-state index in [1.807, 2.05) is 38.1 Å². The van der Waals surface area contributed by atoms with Gasteiger partial charge in [0, 0.05) is 60.6 Å². The number of urea groups is 1. The highest BCUT2D eigenvalue weighted by Gasteiger charge is 2.19. The van der Waals surface area contributed by atoms with Gasteiger partial charge in [-0.05, 0) is 43.7 Å². The van der Waals surface area contributed by atoms with Gasteiger partial charge in [-0.25, -0.2) is 9.78 Å². The van der Waals surface area contributed by atoms with Crippen LogP contribution in [0.3, 0.4) is 0 Å². The molecular formula is C40H46N6O9. The third-order valence-corrected chi connectivity index (χ3v) is 7.92. The minimum absolute atomic E-state index is 0.261. The minimum Gasteiger partial charge on any atom is -0.497 e. The molecule has 0 fully saturated rings. The average molecular weight is 755 g/mol. The Bertz CT molecular complexity index is 2060. The van der Waals surface area contributed by atoms with Gasteiger partial charge in [0.25, 0.3) is 5.91 Å². The third kappa shape index (κ3) is 11.4. The fourth-order valence-corrected chi connectivity index (χ4v) is 5.48. The van der Waals surface area contributed by atoms with Crippen LogP contribution in [0.1, 0.15) is 22.8 Å². The summed E-state index contributed by atoms with van der Waals surface area (Å²) in [6.07, 6.45) is 1.58. The zero-order valence-corrected chi connectivity index (χ0v) is 31.5. The molecule has 15 nitrogen and oxygen atoms in total. The maximum absolute atomic E-state index is 13.3. The summed E-state index contributed by atoms with van der Waals surface area (Å²) in [5, 5.41) is 13.2. The first kappa shape index (κ1) is 40.0. The van der Waals surface area contributed by atoms with Gasteiger partial charge >= 0.3 is 6.03 Å². The van der Waals surface area contributed by atoms with E-state index in [4.69, 9.17) is 33.2 Å². The smallest absolute Gasteiger partial charge is 0.323 e. The van der Waals surface area contributed by atoms with Gasteiger partial charge < -0.3 is 54.4 Å². The molecule has 4 N–H and O–H groups in total. The predicted octanol–water partition coefficient (Wildman–Crippen LogP) is 6.94. The van der Waals surface area contributed by atoms with Crippen LogP contribution in [0.2, 0.25) is 0 Å². The first-order valence-electron chi connectivity index (χ1n) is 17.6. The van der Waals surface area contributed by atoms with Crippen LogP contribution < -0.4 is 40.2 Å². The lowest BCUT2D eigenvalue weighted by Gasteiger charge is -2.17. The quantitative estimate of drug-likeness (QED) is 0.0604. The maximum Gasteiger partial charge on any atom is 0.323 e. The summed E-state index contributed by atoms with van der Waals surface area (Å²) < 4.78 is 39.1. The fourth-order valence-electron chi connectivity index (χ4n) is 5.48. The lowest BCUT2D eigenvalue weighted by atomic mass is 10.1. The SMILES string of the molecule is CCNC(=O)c1cc(C)cc(NC(=O)Nc2ccc(Oc3ccnc(Nc4cc(OC)cc(OCCOCCOCCOC)c4)n3)c3ccccc23)c1OC. The van der Waals surface area contributed by atoms with Gasteiger partial charge in [-0.3, -0.25) is 4.79 Å². The van der Waals surface area contributed by atoms with Crippen molar-refractivity contribution in [3.05, 3.63) is 90.1 Å². The number of rotatable bonds is 20. The van der Waals surface area contributed by atoms with Gasteiger partial charge in [0.05, 0.1) is 64.2 Å². The summed E-state index contributed by atoms with van der Waals surface area (Å²) >= 11 is 0. The highest BCUT2D eigenvalue weighted by molar-refractivity contribution is 6.09. The highest BCUT2D eigenvalue weighted by atomic mass is 16.6. The second-order valence-electron chi connectivity index (χ2n) is 11.9. The van der Waals surface area contributed by atoms with E-state index in [1.165, 1.54) is 7.11 Å². The Hall–Kier alpha value is -6.16. The number of carbonyl (C=O) groups is 2. The molecule has 0 bridgehead atoms. The van der Waals surface area contributed by atoms with Crippen molar-refractivity contribution in [2.24, 2.45) is 0 Å². The monoisotopic (exact) mass is 754 g/mol. The van der Waals surface area contributed by atoms with E-state index in [9.17, 15) is 9.59 Å². The fraction of sp³-hybridized carbons (Fsp3) is 0.300.